The van der Waals surface area contributed by atoms with Crippen LogP contribution in [0.25, 0.3) is 0 Å². The number of hydrogen-bond donors (Lipinski definition) is 1. The Labute approximate surface area is 118 Å². The third-order valence-electron chi connectivity index (χ3n) is 3.47. The fraction of sp³-hybridized carbons (Fsp3) is 0.250. The molecule has 1 fully saturated rings. The maximum atomic E-state index is 12.6. The Balaban J connectivity index is 1.90. The second-order valence-electron chi connectivity index (χ2n) is 4.99. The number of benzene rings is 1. The number of nitrogens with two attached hydrogens (primary N) is 1. The van der Waals surface area contributed by atoms with Gasteiger partial charge in [0.1, 0.15) is 5.69 Å². The summed E-state index contributed by atoms with van der Waals surface area (Å²) in [5.41, 5.74) is 8.08. The SMILES string of the molecule is NCc1ccc(N(C(=O)c2ccccn2)C2CC2)cc1. The number of pyridine rings is 1. The smallest absolute Gasteiger partial charge is 0.277 e. The third-order valence-corrected chi connectivity index (χ3v) is 3.47. The first-order valence-corrected chi connectivity index (χ1v) is 6.83. The molecule has 0 aliphatic heterocycles. The molecule has 1 aliphatic carbocycles. The van der Waals surface area contributed by atoms with Crippen LogP contribution in [0.5, 0.6) is 0 Å². The van der Waals surface area contributed by atoms with Crippen LogP contribution in [0, 0.1) is 0 Å². The lowest BCUT2D eigenvalue weighted by atomic mass is 10.2. The topological polar surface area (TPSA) is 59.2 Å². The summed E-state index contributed by atoms with van der Waals surface area (Å²) in [6, 6.07) is 13.6. The van der Waals surface area contributed by atoms with Crippen LogP contribution in [-0.2, 0) is 6.54 Å². The lowest BCUT2D eigenvalue weighted by Gasteiger charge is -2.22. The minimum atomic E-state index is -0.0337. The minimum absolute atomic E-state index is 0.0337. The normalized spacial score (nSPS) is 14.1. The van der Waals surface area contributed by atoms with Crippen LogP contribution in [0.3, 0.4) is 0 Å². The molecule has 20 heavy (non-hydrogen) atoms. The summed E-state index contributed by atoms with van der Waals surface area (Å²) < 4.78 is 0. The predicted octanol–water partition coefficient (Wildman–Crippen LogP) is 2.35. The van der Waals surface area contributed by atoms with Gasteiger partial charge in [-0.3, -0.25) is 9.78 Å². The van der Waals surface area contributed by atoms with Gasteiger partial charge in [0.05, 0.1) is 0 Å². The van der Waals surface area contributed by atoms with Crippen molar-refractivity contribution in [1.29, 1.82) is 0 Å². The first-order valence-electron chi connectivity index (χ1n) is 6.83. The molecule has 0 radical (unpaired) electrons. The third kappa shape index (κ3) is 2.56. The fourth-order valence-corrected chi connectivity index (χ4v) is 2.23. The number of hydrogen-bond acceptors (Lipinski definition) is 3. The van der Waals surface area contributed by atoms with Gasteiger partial charge in [0, 0.05) is 24.5 Å². The molecule has 1 saturated carbocycles. The van der Waals surface area contributed by atoms with Crippen LogP contribution >= 0.6 is 0 Å². The van der Waals surface area contributed by atoms with Crippen molar-refractivity contribution in [3.05, 3.63) is 59.9 Å². The second-order valence-corrected chi connectivity index (χ2v) is 4.99. The van der Waals surface area contributed by atoms with Crippen molar-refractivity contribution < 1.29 is 4.79 Å². The molecule has 1 aliphatic rings. The molecule has 1 heterocycles. The summed E-state index contributed by atoms with van der Waals surface area (Å²) in [5.74, 6) is -0.0337. The summed E-state index contributed by atoms with van der Waals surface area (Å²) in [6.45, 7) is 0.512. The lowest BCUT2D eigenvalue weighted by molar-refractivity contribution is 0.0980. The van der Waals surface area contributed by atoms with E-state index in [2.05, 4.69) is 4.98 Å². The van der Waals surface area contributed by atoms with E-state index in [0.717, 1.165) is 24.1 Å². The van der Waals surface area contributed by atoms with Crippen LogP contribution < -0.4 is 10.6 Å². The number of rotatable bonds is 4. The van der Waals surface area contributed by atoms with Gasteiger partial charge in [-0.05, 0) is 42.7 Å². The van der Waals surface area contributed by atoms with Gasteiger partial charge in [-0.15, -0.1) is 0 Å². The number of carbonyl (C=O) groups excluding carboxylic acids is 1. The van der Waals surface area contributed by atoms with E-state index in [1.54, 1.807) is 12.3 Å². The lowest BCUT2D eigenvalue weighted by Crippen LogP contribution is -2.33. The summed E-state index contributed by atoms with van der Waals surface area (Å²) in [6.07, 6.45) is 3.75. The second kappa shape index (κ2) is 5.43. The largest absolute Gasteiger partial charge is 0.326 e. The molecule has 1 aromatic heterocycles. The Morgan fingerprint density at radius 2 is 1.95 bits per heavy atom. The van der Waals surface area contributed by atoms with Crippen molar-refractivity contribution in [2.45, 2.75) is 25.4 Å². The zero-order valence-corrected chi connectivity index (χ0v) is 11.2. The van der Waals surface area contributed by atoms with Gasteiger partial charge >= 0.3 is 0 Å². The molecule has 3 rings (SSSR count). The van der Waals surface area contributed by atoms with Crippen LogP contribution in [-0.4, -0.2) is 16.9 Å². The highest BCUT2D eigenvalue weighted by molar-refractivity contribution is 6.05. The summed E-state index contributed by atoms with van der Waals surface area (Å²) in [7, 11) is 0. The van der Waals surface area contributed by atoms with E-state index in [0.29, 0.717) is 18.3 Å². The van der Waals surface area contributed by atoms with Crippen molar-refractivity contribution in [3.8, 4) is 0 Å². The number of anilines is 1. The van der Waals surface area contributed by atoms with E-state index >= 15 is 0 Å². The molecule has 1 aromatic carbocycles. The maximum absolute atomic E-state index is 12.6. The van der Waals surface area contributed by atoms with Gasteiger partial charge in [0.15, 0.2) is 0 Å². The van der Waals surface area contributed by atoms with Gasteiger partial charge in [0.2, 0.25) is 0 Å². The quantitative estimate of drug-likeness (QED) is 0.925. The van der Waals surface area contributed by atoms with Crippen molar-refractivity contribution in [1.82, 2.24) is 4.98 Å². The Hall–Kier alpha value is -2.20. The van der Waals surface area contributed by atoms with Gasteiger partial charge in [-0.2, -0.15) is 0 Å². The monoisotopic (exact) mass is 267 g/mol. The predicted molar refractivity (Wildman–Crippen MR) is 78.4 cm³/mol. The number of amides is 1. The van der Waals surface area contributed by atoms with Crippen molar-refractivity contribution in [2.24, 2.45) is 5.73 Å². The van der Waals surface area contributed by atoms with Crippen molar-refractivity contribution >= 4 is 11.6 Å². The highest BCUT2D eigenvalue weighted by atomic mass is 16.2. The van der Waals surface area contributed by atoms with Crippen LogP contribution in [0.2, 0.25) is 0 Å². The molecular weight excluding hydrogens is 250 g/mol. The molecule has 102 valence electrons. The van der Waals surface area contributed by atoms with Gasteiger partial charge < -0.3 is 10.6 Å². The molecule has 0 unspecified atom stereocenters. The molecular formula is C16H17N3O. The highest BCUT2D eigenvalue weighted by Gasteiger charge is 2.34. The Morgan fingerprint density at radius 3 is 2.50 bits per heavy atom. The standard InChI is InChI=1S/C16H17N3O/c17-11-12-4-6-13(7-5-12)19(14-8-9-14)16(20)15-3-1-2-10-18-15/h1-7,10,14H,8-9,11,17H2. The molecule has 4 heteroatoms. The zero-order valence-electron chi connectivity index (χ0n) is 11.2. The first-order chi connectivity index (χ1) is 9.79. The Morgan fingerprint density at radius 1 is 1.20 bits per heavy atom. The summed E-state index contributed by atoms with van der Waals surface area (Å²) >= 11 is 0. The van der Waals surface area contributed by atoms with E-state index < -0.39 is 0 Å². The average molecular weight is 267 g/mol. The van der Waals surface area contributed by atoms with Crippen molar-refractivity contribution in [2.75, 3.05) is 4.90 Å². The molecule has 2 aromatic rings. The van der Waals surface area contributed by atoms with E-state index in [4.69, 9.17) is 5.73 Å². The van der Waals surface area contributed by atoms with Gasteiger partial charge in [0.25, 0.3) is 5.91 Å². The minimum Gasteiger partial charge on any atom is -0.326 e. The Kier molecular flexibility index (Phi) is 3.48. The number of nitrogens with zero attached hydrogens (tertiary/aromatic N) is 2. The van der Waals surface area contributed by atoms with Crippen LogP contribution in [0.15, 0.2) is 48.7 Å². The van der Waals surface area contributed by atoms with E-state index in [1.165, 1.54) is 0 Å². The molecule has 0 saturated heterocycles. The fourth-order valence-electron chi connectivity index (χ4n) is 2.23. The zero-order chi connectivity index (χ0) is 13.9. The van der Waals surface area contributed by atoms with Crippen molar-refractivity contribution in [3.63, 3.8) is 0 Å². The van der Waals surface area contributed by atoms with Gasteiger partial charge in [-0.1, -0.05) is 18.2 Å². The first kappa shape index (κ1) is 12.8. The van der Waals surface area contributed by atoms with Crippen LogP contribution in [0.4, 0.5) is 5.69 Å². The van der Waals surface area contributed by atoms with Gasteiger partial charge in [-0.25, -0.2) is 0 Å². The van der Waals surface area contributed by atoms with E-state index in [1.807, 2.05) is 41.3 Å². The summed E-state index contributed by atoms with van der Waals surface area (Å²) in [4.78, 5) is 18.6. The number of aromatic nitrogens is 1. The van der Waals surface area contributed by atoms with E-state index in [9.17, 15) is 4.79 Å². The maximum Gasteiger partial charge on any atom is 0.277 e. The molecule has 4 nitrogen and oxygen atoms in total. The van der Waals surface area contributed by atoms with E-state index in [-0.39, 0.29) is 5.91 Å². The molecule has 0 spiro atoms. The molecule has 1 amide bonds. The summed E-state index contributed by atoms with van der Waals surface area (Å²) in [5, 5.41) is 0. The molecule has 2 N–H and O–H groups in total. The van der Waals surface area contributed by atoms with Crippen LogP contribution in [0.1, 0.15) is 28.9 Å². The average Bonchev–Trinajstić information content (AvgIpc) is 3.34. The molecule has 0 atom stereocenters. The Bertz CT molecular complexity index is 591. The number of carbonyl (C=O) groups is 1. The molecule has 0 bridgehead atoms. The highest BCUT2D eigenvalue weighted by Crippen LogP contribution is 2.32.